The van der Waals surface area contributed by atoms with Crippen LogP contribution in [0.4, 0.5) is 0 Å². The van der Waals surface area contributed by atoms with Crippen LogP contribution in [0.5, 0.6) is 11.5 Å². The number of aliphatic imine (C=N–C) groups is 1. The summed E-state index contributed by atoms with van der Waals surface area (Å²) in [5.74, 6) is -1.40. The molecule has 7 heteroatoms. The van der Waals surface area contributed by atoms with Gasteiger partial charge >= 0.3 is 11.9 Å². The number of aryl methyl sites for hydroxylation is 1. The molecule has 0 aromatic heterocycles. The number of hydrogen-bond donors (Lipinski definition) is 1. The lowest BCUT2D eigenvalue weighted by Gasteiger charge is -2.14. The van der Waals surface area contributed by atoms with Crippen molar-refractivity contribution in [2.24, 2.45) is 10.9 Å². The van der Waals surface area contributed by atoms with Crippen LogP contribution in [0, 0.1) is 12.8 Å². The number of methoxy groups -OCH3 is 1. The lowest BCUT2D eigenvalue weighted by molar-refractivity contribution is -0.143. The van der Waals surface area contributed by atoms with Gasteiger partial charge in [0, 0.05) is 16.3 Å². The number of ether oxygens (including phenoxy) is 2. The average molecular weight is 448 g/mol. The number of benzene rings is 2. The van der Waals surface area contributed by atoms with E-state index in [1.165, 1.54) is 19.4 Å². The first-order valence-corrected chi connectivity index (χ1v) is 9.44. The minimum absolute atomic E-state index is 0.0125. The summed E-state index contributed by atoms with van der Waals surface area (Å²) in [6.07, 6.45) is 1.37. The third kappa shape index (κ3) is 5.42. The summed E-state index contributed by atoms with van der Waals surface area (Å²) in [5, 5.41) is 10.5. The molecule has 6 nitrogen and oxygen atoms in total. The largest absolute Gasteiger partial charge is 0.504 e. The van der Waals surface area contributed by atoms with E-state index >= 15 is 0 Å². The fourth-order valence-corrected chi connectivity index (χ4v) is 2.94. The second-order valence-electron chi connectivity index (χ2n) is 6.59. The number of nitrogens with zero attached hydrogens (tertiary/aromatic N) is 1. The van der Waals surface area contributed by atoms with Gasteiger partial charge in [0.05, 0.1) is 12.7 Å². The molecule has 148 valence electrons. The van der Waals surface area contributed by atoms with E-state index in [0.717, 1.165) is 5.56 Å². The van der Waals surface area contributed by atoms with Gasteiger partial charge in [0.1, 0.15) is 6.04 Å². The molecule has 0 saturated carbocycles. The van der Waals surface area contributed by atoms with Crippen molar-refractivity contribution in [3.8, 4) is 11.5 Å². The van der Waals surface area contributed by atoms with Gasteiger partial charge < -0.3 is 14.6 Å². The molecular formula is C21H22BrNO5. The van der Waals surface area contributed by atoms with Crippen LogP contribution in [0.1, 0.15) is 35.3 Å². The van der Waals surface area contributed by atoms with Crippen molar-refractivity contribution in [3.63, 3.8) is 0 Å². The molecule has 0 fully saturated rings. The molecule has 1 N–H and O–H groups in total. The highest BCUT2D eigenvalue weighted by molar-refractivity contribution is 9.10. The van der Waals surface area contributed by atoms with Gasteiger partial charge in [0.15, 0.2) is 11.5 Å². The SMILES string of the molecule is COC(=O)C(N=Cc1cc(Br)cc(OC(=O)c2cccc(C)c2)c1O)C(C)C. The molecule has 0 bridgehead atoms. The standard InChI is InChI=1S/C21H22BrNO5/c1-12(2)18(21(26)27-4)23-11-15-9-16(22)10-17(19(15)24)28-20(25)14-7-5-6-13(3)8-14/h5-12,18,24H,1-4H3. The molecule has 0 spiro atoms. The Balaban J connectivity index is 2.31. The molecule has 1 atom stereocenters. The first-order chi connectivity index (χ1) is 13.2. The maximum absolute atomic E-state index is 12.4. The minimum atomic E-state index is -0.707. The van der Waals surface area contributed by atoms with Crippen molar-refractivity contribution < 1.29 is 24.2 Å². The summed E-state index contributed by atoms with van der Waals surface area (Å²) < 4.78 is 10.7. The van der Waals surface area contributed by atoms with Gasteiger partial charge in [-0.1, -0.05) is 47.5 Å². The average Bonchev–Trinajstić information content (AvgIpc) is 2.64. The topological polar surface area (TPSA) is 85.2 Å². The van der Waals surface area contributed by atoms with Gasteiger partial charge in [-0.25, -0.2) is 9.59 Å². The molecule has 0 aliphatic carbocycles. The number of rotatable bonds is 6. The zero-order valence-corrected chi connectivity index (χ0v) is 17.7. The van der Waals surface area contributed by atoms with Gasteiger partial charge in [-0.3, -0.25) is 4.99 Å². The van der Waals surface area contributed by atoms with Crippen LogP contribution < -0.4 is 4.74 Å². The zero-order chi connectivity index (χ0) is 20.8. The van der Waals surface area contributed by atoms with Crippen LogP contribution in [0.2, 0.25) is 0 Å². The molecular weight excluding hydrogens is 426 g/mol. The third-order valence-electron chi connectivity index (χ3n) is 3.97. The van der Waals surface area contributed by atoms with E-state index in [9.17, 15) is 14.7 Å². The third-order valence-corrected chi connectivity index (χ3v) is 4.43. The highest BCUT2D eigenvalue weighted by Crippen LogP contribution is 2.33. The lowest BCUT2D eigenvalue weighted by Crippen LogP contribution is -2.26. The van der Waals surface area contributed by atoms with E-state index in [4.69, 9.17) is 9.47 Å². The predicted octanol–water partition coefficient (Wildman–Crippen LogP) is 4.30. The van der Waals surface area contributed by atoms with Gasteiger partial charge in [-0.15, -0.1) is 0 Å². The van der Waals surface area contributed by atoms with Crippen molar-refractivity contribution in [2.45, 2.75) is 26.8 Å². The van der Waals surface area contributed by atoms with Crippen molar-refractivity contribution in [2.75, 3.05) is 7.11 Å². The molecule has 2 aromatic rings. The van der Waals surface area contributed by atoms with E-state index in [0.29, 0.717) is 15.6 Å². The fourth-order valence-electron chi connectivity index (χ4n) is 2.49. The second-order valence-corrected chi connectivity index (χ2v) is 7.51. The molecule has 0 amide bonds. The van der Waals surface area contributed by atoms with Crippen LogP contribution in [0.25, 0.3) is 0 Å². The summed E-state index contributed by atoms with van der Waals surface area (Å²) in [4.78, 5) is 28.5. The van der Waals surface area contributed by atoms with Crippen LogP contribution in [-0.2, 0) is 9.53 Å². The fraction of sp³-hybridized carbons (Fsp3) is 0.286. The highest BCUT2D eigenvalue weighted by Gasteiger charge is 2.22. The lowest BCUT2D eigenvalue weighted by atomic mass is 10.1. The Kier molecular flexibility index (Phi) is 7.34. The van der Waals surface area contributed by atoms with Crippen molar-refractivity contribution >= 4 is 34.1 Å². The smallest absolute Gasteiger partial charge is 0.343 e. The first kappa shape index (κ1) is 21.6. The monoisotopic (exact) mass is 447 g/mol. The Morgan fingerprint density at radius 2 is 1.93 bits per heavy atom. The highest BCUT2D eigenvalue weighted by atomic mass is 79.9. The van der Waals surface area contributed by atoms with Gasteiger partial charge in [0.25, 0.3) is 0 Å². The van der Waals surface area contributed by atoms with Gasteiger partial charge in [-0.05, 0) is 37.1 Å². The normalized spacial score (nSPS) is 12.2. The summed E-state index contributed by atoms with van der Waals surface area (Å²) in [7, 11) is 1.30. The first-order valence-electron chi connectivity index (χ1n) is 8.65. The van der Waals surface area contributed by atoms with E-state index in [2.05, 4.69) is 20.9 Å². The Hall–Kier alpha value is -2.67. The molecule has 1 unspecified atom stereocenters. The number of carbonyl (C=O) groups is 2. The molecule has 0 heterocycles. The molecule has 2 rings (SSSR count). The molecule has 0 aliphatic rings. The predicted molar refractivity (Wildman–Crippen MR) is 110 cm³/mol. The summed E-state index contributed by atoms with van der Waals surface area (Å²) in [6, 6.07) is 9.34. The van der Waals surface area contributed by atoms with Crippen molar-refractivity contribution in [1.82, 2.24) is 0 Å². The number of hydrogen-bond acceptors (Lipinski definition) is 6. The second kappa shape index (κ2) is 9.50. The Morgan fingerprint density at radius 3 is 2.54 bits per heavy atom. The van der Waals surface area contributed by atoms with Crippen LogP contribution in [0.15, 0.2) is 45.9 Å². The minimum Gasteiger partial charge on any atom is -0.504 e. The summed E-state index contributed by atoms with van der Waals surface area (Å²) >= 11 is 3.33. The van der Waals surface area contributed by atoms with Gasteiger partial charge in [-0.2, -0.15) is 0 Å². The Bertz CT molecular complexity index is 908. The van der Waals surface area contributed by atoms with E-state index in [-0.39, 0.29) is 17.4 Å². The number of phenolic OH excluding ortho intramolecular Hbond substituents is 1. The van der Waals surface area contributed by atoms with Gasteiger partial charge in [0.2, 0.25) is 0 Å². The molecule has 2 aromatic carbocycles. The van der Waals surface area contributed by atoms with E-state index in [1.807, 2.05) is 26.8 Å². The number of aromatic hydroxyl groups is 1. The molecule has 28 heavy (non-hydrogen) atoms. The molecule has 0 radical (unpaired) electrons. The van der Waals surface area contributed by atoms with Crippen molar-refractivity contribution in [1.29, 1.82) is 0 Å². The quantitative estimate of drug-likeness (QED) is 0.405. The summed E-state index contributed by atoms with van der Waals surface area (Å²) in [5.41, 5.74) is 1.60. The number of halogens is 1. The molecule has 0 aliphatic heterocycles. The van der Waals surface area contributed by atoms with E-state index in [1.54, 1.807) is 24.3 Å². The number of esters is 2. The number of carbonyl (C=O) groups excluding carboxylic acids is 2. The molecule has 0 saturated heterocycles. The summed E-state index contributed by atoms with van der Waals surface area (Å²) in [6.45, 7) is 5.55. The van der Waals surface area contributed by atoms with Crippen LogP contribution in [-0.4, -0.2) is 36.4 Å². The van der Waals surface area contributed by atoms with E-state index < -0.39 is 18.0 Å². The Labute approximate surface area is 172 Å². The number of phenols is 1. The zero-order valence-electron chi connectivity index (χ0n) is 16.1. The Morgan fingerprint density at radius 1 is 1.21 bits per heavy atom. The van der Waals surface area contributed by atoms with Crippen molar-refractivity contribution in [3.05, 3.63) is 57.6 Å². The maximum Gasteiger partial charge on any atom is 0.343 e. The van der Waals surface area contributed by atoms with Crippen LogP contribution >= 0.6 is 15.9 Å². The van der Waals surface area contributed by atoms with Crippen LogP contribution in [0.3, 0.4) is 0 Å². The maximum atomic E-state index is 12.4.